The van der Waals surface area contributed by atoms with Gasteiger partial charge in [0.05, 0.1) is 6.54 Å². The number of carbonyl (C=O) groups excluding carboxylic acids is 1. The first-order valence-electron chi connectivity index (χ1n) is 5.98. The molecular weight excluding hydrogens is 252 g/mol. The Morgan fingerprint density at radius 1 is 1.47 bits per heavy atom. The highest BCUT2D eigenvalue weighted by Crippen LogP contribution is 2.21. The highest BCUT2D eigenvalue weighted by molar-refractivity contribution is 5.82. The van der Waals surface area contributed by atoms with E-state index in [-0.39, 0.29) is 12.5 Å². The van der Waals surface area contributed by atoms with Crippen LogP contribution in [0, 0.1) is 6.92 Å². The fraction of sp³-hybridized carbons (Fsp3) is 0.636. The van der Waals surface area contributed by atoms with Crippen LogP contribution in [-0.2, 0) is 20.9 Å². The molecule has 1 fully saturated rings. The minimum absolute atomic E-state index is 0.244. The third-order valence-corrected chi connectivity index (χ3v) is 2.97. The van der Waals surface area contributed by atoms with Gasteiger partial charge in [-0.15, -0.1) is 0 Å². The van der Waals surface area contributed by atoms with Crippen LogP contribution in [0.25, 0.3) is 0 Å². The number of ether oxygens (including phenoxy) is 1. The lowest BCUT2D eigenvalue weighted by Gasteiger charge is -2.19. The average Bonchev–Trinajstić information content (AvgIpc) is 2.97. The van der Waals surface area contributed by atoms with Crippen molar-refractivity contribution in [2.45, 2.75) is 38.5 Å². The second kappa shape index (κ2) is 5.35. The number of carboxylic acids is 1. The number of carbonyl (C=O) groups is 2. The third kappa shape index (κ3) is 3.08. The summed E-state index contributed by atoms with van der Waals surface area (Å²) in [6, 6.07) is 0. The van der Waals surface area contributed by atoms with Crippen LogP contribution in [0.15, 0.2) is 0 Å². The summed E-state index contributed by atoms with van der Waals surface area (Å²) < 4.78 is 5.21. The Hall–Kier alpha value is -1.96. The molecule has 1 saturated heterocycles. The van der Waals surface area contributed by atoms with Crippen molar-refractivity contribution in [1.82, 2.24) is 20.1 Å². The number of likely N-dealkylation sites (N-methyl/N-ethyl adjacent to an activating group) is 1. The smallest absolute Gasteiger partial charge is 0.332 e. The van der Waals surface area contributed by atoms with Crippen LogP contribution in [-0.4, -0.2) is 56.3 Å². The fourth-order valence-electron chi connectivity index (χ4n) is 2.00. The molecule has 0 aromatic carbocycles. The maximum absolute atomic E-state index is 12.1. The van der Waals surface area contributed by atoms with Crippen molar-refractivity contribution in [1.29, 1.82) is 0 Å². The summed E-state index contributed by atoms with van der Waals surface area (Å²) in [7, 11) is 1.62. The number of nitrogens with zero attached hydrogens (tertiary/aromatic N) is 3. The number of carboxylic acid groups (broad SMARTS) is 1. The molecule has 0 spiro atoms. The van der Waals surface area contributed by atoms with E-state index in [2.05, 4.69) is 15.2 Å². The lowest BCUT2D eigenvalue weighted by molar-refractivity contribution is -0.154. The van der Waals surface area contributed by atoms with Gasteiger partial charge in [-0.1, -0.05) is 0 Å². The molecule has 0 saturated carbocycles. The summed E-state index contributed by atoms with van der Waals surface area (Å²) >= 11 is 0. The van der Waals surface area contributed by atoms with Crippen LogP contribution >= 0.6 is 0 Å². The molecule has 104 valence electrons. The van der Waals surface area contributed by atoms with Gasteiger partial charge in [-0.25, -0.2) is 9.78 Å². The molecule has 2 rings (SSSR count). The molecule has 0 radical (unpaired) electrons. The number of amides is 1. The van der Waals surface area contributed by atoms with Crippen LogP contribution in [0.5, 0.6) is 0 Å². The van der Waals surface area contributed by atoms with E-state index in [1.165, 1.54) is 4.90 Å². The van der Waals surface area contributed by atoms with Crippen molar-refractivity contribution in [3.63, 3.8) is 0 Å². The van der Waals surface area contributed by atoms with Crippen molar-refractivity contribution in [3.8, 4) is 0 Å². The Labute approximate surface area is 109 Å². The Morgan fingerprint density at radius 2 is 2.16 bits per heavy atom. The van der Waals surface area contributed by atoms with Gasteiger partial charge in [0, 0.05) is 7.05 Å². The molecule has 1 aromatic rings. The lowest BCUT2D eigenvalue weighted by atomic mass is 10.2. The minimum atomic E-state index is -1.03. The molecule has 1 aliphatic heterocycles. The van der Waals surface area contributed by atoms with Gasteiger partial charge in [0.15, 0.2) is 11.9 Å². The van der Waals surface area contributed by atoms with E-state index in [9.17, 15) is 9.59 Å². The Kier molecular flexibility index (Phi) is 3.79. The zero-order valence-corrected chi connectivity index (χ0v) is 10.8. The Balaban J connectivity index is 1.91. The molecule has 0 bridgehead atoms. The summed E-state index contributed by atoms with van der Waals surface area (Å²) in [5, 5.41) is 15.5. The van der Waals surface area contributed by atoms with Crippen molar-refractivity contribution in [2.75, 3.05) is 7.05 Å². The lowest BCUT2D eigenvalue weighted by Crippen LogP contribution is -2.37. The summed E-state index contributed by atoms with van der Waals surface area (Å²) in [6.07, 6.45) is -0.786. The van der Waals surface area contributed by atoms with E-state index in [1.807, 2.05) is 0 Å². The van der Waals surface area contributed by atoms with Crippen LogP contribution in [0.3, 0.4) is 0 Å². The number of aryl methyl sites for hydroxylation is 1. The maximum Gasteiger partial charge on any atom is 0.332 e. The first kappa shape index (κ1) is 13.5. The number of hydrogen-bond donors (Lipinski definition) is 2. The molecule has 0 aliphatic carbocycles. The predicted octanol–water partition coefficient (Wildman–Crippen LogP) is -0.296. The number of H-pyrrole nitrogens is 1. The summed E-state index contributed by atoms with van der Waals surface area (Å²) in [5.41, 5.74) is 0. The zero-order valence-electron chi connectivity index (χ0n) is 10.8. The van der Waals surface area contributed by atoms with E-state index < -0.39 is 18.2 Å². The first-order chi connectivity index (χ1) is 8.97. The highest BCUT2D eigenvalue weighted by Gasteiger charge is 2.36. The number of aliphatic carboxylic acids is 1. The summed E-state index contributed by atoms with van der Waals surface area (Å²) in [6.45, 7) is 2.04. The van der Waals surface area contributed by atoms with Crippen molar-refractivity contribution >= 4 is 11.9 Å². The average molecular weight is 268 g/mol. The third-order valence-electron chi connectivity index (χ3n) is 2.97. The highest BCUT2D eigenvalue weighted by atomic mass is 16.5. The minimum Gasteiger partial charge on any atom is -0.479 e. The Bertz CT molecular complexity index is 487. The van der Waals surface area contributed by atoms with Crippen molar-refractivity contribution in [2.24, 2.45) is 0 Å². The number of rotatable bonds is 4. The van der Waals surface area contributed by atoms with Crippen LogP contribution in [0.1, 0.15) is 24.5 Å². The SMILES string of the molecule is Cc1nc(CN(C)C(=O)[C@@H]2CC[C@H](C(=O)O)O2)n[nH]1. The number of aromatic amines is 1. The van der Waals surface area contributed by atoms with Crippen molar-refractivity contribution < 1.29 is 19.4 Å². The first-order valence-corrected chi connectivity index (χ1v) is 5.98. The summed E-state index contributed by atoms with van der Waals surface area (Å²) in [4.78, 5) is 28.4. The van der Waals surface area contributed by atoms with Crippen LogP contribution in [0.2, 0.25) is 0 Å². The van der Waals surface area contributed by atoms with Crippen LogP contribution < -0.4 is 0 Å². The standard InChI is InChI=1S/C11H16N4O4/c1-6-12-9(14-13-6)5-15(2)10(16)7-3-4-8(19-7)11(17)18/h7-8H,3-5H2,1-2H3,(H,17,18)(H,12,13,14)/t7-,8+/m0/s1. The van der Waals surface area contributed by atoms with Crippen molar-refractivity contribution in [3.05, 3.63) is 11.6 Å². The van der Waals surface area contributed by atoms with Gasteiger partial charge in [-0.2, -0.15) is 5.10 Å². The van der Waals surface area contributed by atoms with Crippen LogP contribution in [0.4, 0.5) is 0 Å². The molecule has 2 atom stereocenters. The van der Waals surface area contributed by atoms with E-state index in [1.54, 1.807) is 14.0 Å². The number of nitrogens with one attached hydrogen (secondary N) is 1. The quantitative estimate of drug-likeness (QED) is 0.776. The topological polar surface area (TPSA) is 108 Å². The largest absolute Gasteiger partial charge is 0.479 e. The normalized spacial score (nSPS) is 22.4. The molecule has 2 heterocycles. The van der Waals surface area contributed by atoms with Gasteiger partial charge in [0.25, 0.3) is 5.91 Å². The Morgan fingerprint density at radius 3 is 2.68 bits per heavy atom. The van der Waals surface area contributed by atoms with E-state index >= 15 is 0 Å². The molecule has 0 unspecified atom stereocenters. The second-order valence-electron chi connectivity index (χ2n) is 4.56. The van der Waals surface area contributed by atoms with Gasteiger partial charge < -0.3 is 14.7 Å². The molecule has 1 aromatic heterocycles. The van der Waals surface area contributed by atoms with E-state index in [0.29, 0.717) is 24.5 Å². The monoisotopic (exact) mass is 268 g/mol. The second-order valence-corrected chi connectivity index (χ2v) is 4.56. The number of hydrogen-bond acceptors (Lipinski definition) is 5. The molecule has 1 amide bonds. The molecule has 19 heavy (non-hydrogen) atoms. The molecule has 8 nitrogen and oxygen atoms in total. The molecular formula is C11H16N4O4. The van der Waals surface area contributed by atoms with Gasteiger partial charge in [-0.3, -0.25) is 9.89 Å². The molecule has 2 N–H and O–H groups in total. The van der Waals surface area contributed by atoms with E-state index in [4.69, 9.17) is 9.84 Å². The van der Waals surface area contributed by atoms with Gasteiger partial charge in [0.2, 0.25) is 0 Å². The zero-order chi connectivity index (χ0) is 14.0. The number of aromatic nitrogens is 3. The van der Waals surface area contributed by atoms with Gasteiger partial charge in [0.1, 0.15) is 11.9 Å². The summed E-state index contributed by atoms with van der Waals surface area (Å²) in [5.74, 6) is -0.0752. The van der Waals surface area contributed by atoms with E-state index in [0.717, 1.165) is 0 Å². The maximum atomic E-state index is 12.1. The molecule has 1 aliphatic rings. The van der Waals surface area contributed by atoms with Gasteiger partial charge in [-0.05, 0) is 19.8 Å². The predicted molar refractivity (Wildman–Crippen MR) is 63.1 cm³/mol. The fourth-order valence-corrected chi connectivity index (χ4v) is 2.00. The van der Waals surface area contributed by atoms with Gasteiger partial charge >= 0.3 is 5.97 Å². The molecule has 8 heteroatoms.